The van der Waals surface area contributed by atoms with Crippen LogP contribution in [0.4, 0.5) is 0 Å². The molecule has 0 radical (unpaired) electrons. The standard InChI is InChI=1S/C20H23S/c1-4-10-18(11-5-1)16-17-21(19-12-6-2-7-13-19)20-14-8-3-9-15-20/h2-3,6-9,12-18H,1,4-5,10-11H2/q+1/b17-16+. The fourth-order valence-electron chi connectivity index (χ4n) is 2.94. The van der Waals surface area contributed by atoms with E-state index in [0.717, 1.165) is 5.92 Å². The number of rotatable bonds is 4. The summed E-state index contributed by atoms with van der Waals surface area (Å²) in [5.41, 5.74) is 0. The Morgan fingerprint density at radius 1 is 0.714 bits per heavy atom. The van der Waals surface area contributed by atoms with Gasteiger partial charge in [-0.25, -0.2) is 0 Å². The van der Waals surface area contributed by atoms with Gasteiger partial charge in [0.05, 0.1) is 10.9 Å². The van der Waals surface area contributed by atoms with Crippen LogP contribution in [0.1, 0.15) is 32.1 Å². The molecule has 0 amide bonds. The first-order valence-corrected chi connectivity index (χ1v) is 9.24. The SMILES string of the molecule is C(=C\[S+](c1ccccc1)c1ccccc1)/C1CCCCC1. The molecule has 0 bridgehead atoms. The zero-order valence-electron chi connectivity index (χ0n) is 12.4. The van der Waals surface area contributed by atoms with E-state index in [2.05, 4.69) is 72.1 Å². The molecule has 2 aromatic carbocycles. The van der Waals surface area contributed by atoms with Crippen LogP contribution in [0, 0.1) is 5.92 Å². The van der Waals surface area contributed by atoms with Gasteiger partial charge in [-0.3, -0.25) is 0 Å². The molecule has 108 valence electrons. The summed E-state index contributed by atoms with van der Waals surface area (Å²) < 4.78 is 0. The minimum absolute atomic E-state index is 0.0665. The van der Waals surface area contributed by atoms with Gasteiger partial charge < -0.3 is 0 Å². The van der Waals surface area contributed by atoms with E-state index in [4.69, 9.17) is 0 Å². The molecule has 0 atom stereocenters. The smallest absolute Gasteiger partial charge is 0.0619 e. The van der Waals surface area contributed by atoms with E-state index in [1.807, 2.05) is 0 Å². The number of hydrogen-bond acceptors (Lipinski definition) is 0. The molecule has 1 aliphatic carbocycles. The van der Waals surface area contributed by atoms with Gasteiger partial charge >= 0.3 is 0 Å². The van der Waals surface area contributed by atoms with E-state index >= 15 is 0 Å². The van der Waals surface area contributed by atoms with Crippen LogP contribution in [0.3, 0.4) is 0 Å². The lowest BCUT2D eigenvalue weighted by molar-refractivity contribution is 0.420. The van der Waals surface area contributed by atoms with Gasteiger partial charge in [0, 0.05) is 0 Å². The number of hydrogen-bond donors (Lipinski definition) is 0. The third-order valence-electron chi connectivity index (χ3n) is 4.13. The van der Waals surface area contributed by atoms with Gasteiger partial charge in [-0.15, -0.1) is 0 Å². The van der Waals surface area contributed by atoms with E-state index in [9.17, 15) is 0 Å². The molecule has 1 aliphatic rings. The molecule has 1 fully saturated rings. The highest BCUT2D eigenvalue weighted by atomic mass is 32.2. The van der Waals surface area contributed by atoms with Crippen LogP contribution in [0.2, 0.25) is 0 Å². The quantitative estimate of drug-likeness (QED) is 0.624. The predicted molar refractivity (Wildman–Crippen MR) is 92.5 cm³/mol. The van der Waals surface area contributed by atoms with Gasteiger partial charge in [0.15, 0.2) is 9.79 Å². The maximum Gasteiger partial charge on any atom is 0.165 e. The van der Waals surface area contributed by atoms with Crippen molar-refractivity contribution in [3.63, 3.8) is 0 Å². The van der Waals surface area contributed by atoms with E-state index in [0.29, 0.717) is 0 Å². The van der Waals surface area contributed by atoms with Crippen LogP contribution in [0.5, 0.6) is 0 Å². The predicted octanol–water partition coefficient (Wildman–Crippen LogP) is 5.82. The molecule has 3 rings (SSSR count). The van der Waals surface area contributed by atoms with Crippen molar-refractivity contribution in [3.8, 4) is 0 Å². The second kappa shape index (κ2) is 7.51. The van der Waals surface area contributed by atoms with Crippen molar-refractivity contribution in [2.45, 2.75) is 41.9 Å². The van der Waals surface area contributed by atoms with Crippen molar-refractivity contribution >= 4 is 10.9 Å². The highest BCUT2D eigenvalue weighted by molar-refractivity contribution is 7.99. The third kappa shape index (κ3) is 4.01. The Morgan fingerprint density at radius 2 is 1.24 bits per heavy atom. The molecule has 21 heavy (non-hydrogen) atoms. The van der Waals surface area contributed by atoms with Gasteiger partial charge in [-0.2, -0.15) is 0 Å². The van der Waals surface area contributed by atoms with Crippen LogP contribution in [0.25, 0.3) is 0 Å². The van der Waals surface area contributed by atoms with Gasteiger partial charge in [0.2, 0.25) is 0 Å². The molecular weight excluding hydrogens is 272 g/mol. The molecule has 0 nitrogen and oxygen atoms in total. The minimum atomic E-state index is 0.0665. The Hall–Kier alpha value is -1.47. The van der Waals surface area contributed by atoms with Gasteiger partial charge in [-0.1, -0.05) is 55.7 Å². The van der Waals surface area contributed by atoms with E-state index in [-0.39, 0.29) is 10.9 Å². The first kappa shape index (κ1) is 14.5. The van der Waals surface area contributed by atoms with E-state index in [1.54, 1.807) is 0 Å². The topological polar surface area (TPSA) is 0 Å². The molecule has 0 aliphatic heterocycles. The maximum atomic E-state index is 2.49. The summed E-state index contributed by atoms with van der Waals surface area (Å²) in [6.45, 7) is 0. The van der Waals surface area contributed by atoms with Crippen molar-refractivity contribution in [2.24, 2.45) is 5.92 Å². The van der Waals surface area contributed by atoms with Crippen LogP contribution >= 0.6 is 0 Å². The average molecular weight is 295 g/mol. The molecular formula is C20H23S+. The monoisotopic (exact) mass is 295 g/mol. The second-order valence-electron chi connectivity index (χ2n) is 5.69. The highest BCUT2D eigenvalue weighted by Gasteiger charge is 2.22. The van der Waals surface area contributed by atoms with Crippen molar-refractivity contribution in [1.82, 2.24) is 0 Å². The van der Waals surface area contributed by atoms with E-state index in [1.165, 1.54) is 41.9 Å². The normalized spacial score (nSPS) is 16.6. The summed E-state index contributed by atoms with van der Waals surface area (Å²) in [6, 6.07) is 21.8. The molecule has 1 saturated carbocycles. The van der Waals surface area contributed by atoms with Crippen molar-refractivity contribution in [2.75, 3.05) is 0 Å². The summed E-state index contributed by atoms with van der Waals surface area (Å²) in [7, 11) is 0.0665. The summed E-state index contributed by atoms with van der Waals surface area (Å²) in [5, 5.41) is 2.46. The second-order valence-corrected chi connectivity index (χ2v) is 7.58. The Labute approximate surface area is 131 Å². The zero-order valence-corrected chi connectivity index (χ0v) is 13.3. The molecule has 0 saturated heterocycles. The van der Waals surface area contributed by atoms with Crippen LogP contribution < -0.4 is 0 Å². The van der Waals surface area contributed by atoms with Gasteiger partial charge in [-0.05, 0) is 49.1 Å². The zero-order chi connectivity index (χ0) is 14.3. The first-order valence-electron chi connectivity index (χ1n) is 7.95. The Balaban J connectivity index is 1.84. The Bertz CT molecular complexity index is 513. The number of benzene rings is 2. The molecule has 0 heterocycles. The molecule has 2 aromatic rings. The van der Waals surface area contributed by atoms with Gasteiger partial charge in [0.1, 0.15) is 5.41 Å². The molecule has 0 N–H and O–H groups in total. The lowest BCUT2D eigenvalue weighted by atomic mass is 9.90. The summed E-state index contributed by atoms with van der Waals surface area (Å²) in [5.74, 6) is 0.793. The summed E-state index contributed by atoms with van der Waals surface area (Å²) in [4.78, 5) is 2.83. The molecule has 0 unspecified atom stereocenters. The van der Waals surface area contributed by atoms with E-state index < -0.39 is 0 Å². The summed E-state index contributed by atoms with van der Waals surface area (Å²) in [6.07, 6.45) is 9.46. The first-order chi connectivity index (χ1) is 10.4. The van der Waals surface area contributed by atoms with Crippen LogP contribution in [0.15, 0.2) is 81.9 Å². The molecule has 0 aromatic heterocycles. The molecule has 1 heteroatoms. The lowest BCUT2D eigenvalue weighted by Gasteiger charge is -2.17. The maximum absolute atomic E-state index is 2.49. The van der Waals surface area contributed by atoms with Crippen molar-refractivity contribution < 1.29 is 0 Å². The Kier molecular flexibility index (Phi) is 5.18. The fraction of sp³-hybridized carbons (Fsp3) is 0.300. The molecule has 0 spiro atoms. The van der Waals surface area contributed by atoms with Crippen molar-refractivity contribution in [3.05, 3.63) is 72.1 Å². The number of allylic oxidation sites excluding steroid dienone is 1. The summed E-state index contributed by atoms with van der Waals surface area (Å²) >= 11 is 0. The minimum Gasteiger partial charge on any atom is -0.0619 e. The average Bonchev–Trinajstić information content (AvgIpc) is 2.58. The lowest BCUT2D eigenvalue weighted by Crippen LogP contribution is -2.05. The van der Waals surface area contributed by atoms with Gasteiger partial charge in [0.25, 0.3) is 0 Å². The fourth-order valence-corrected chi connectivity index (χ4v) is 4.81. The third-order valence-corrected chi connectivity index (χ3v) is 6.12. The van der Waals surface area contributed by atoms with Crippen LogP contribution in [-0.4, -0.2) is 0 Å². The Morgan fingerprint density at radius 3 is 1.76 bits per heavy atom. The largest absolute Gasteiger partial charge is 0.165 e. The highest BCUT2D eigenvalue weighted by Crippen LogP contribution is 2.28. The van der Waals surface area contributed by atoms with Crippen LogP contribution in [-0.2, 0) is 10.9 Å². The van der Waals surface area contributed by atoms with Crippen molar-refractivity contribution in [1.29, 1.82) is 0 Å².